The van der Waals surface area contributed by atoms with Crippen LogP contribution in [0.25, 0.3) is 45.2 Å². The Morgan fingerprint density at radius 1 is 0.706 bits per heavy atom. The van der Waals surface area contributed by atoms with E-state index >= 15 is 0 Å². The Balaban J connectivity index is 1.43. The number of nitrogens with zero attached hydrogens (tertiary/aromatic N) is 4. The topological polar surface area (TPSA) is 59.4 Å². The zero-order valence-electron chi connectivity index (χ0n) is 19.7. The van der Waals surface area contributed by atoms with Crippen LogP contribution in [-0.2, 0) is 6.54 Å². The third kappa shape index (κ3) is 4.79. The number of aromatic nitrogens is 5. The average molecular weight is 450 g/mol. The first-order valence-electron chi connectivity index (χ1n) is 12.4. The Kier molecular flexibility index (Phi) is 6.80. The fourth-order valence-electron chi connectivity index (χ4n) is 4.47. The van der Waals surface area contributed by atoms with Crippen molar-refractivity contribution in [1.82, 2.24) is 24.7 Å². The summed E-state index contributed by atoms with van der Waals surface area (Å²) in [7, 11) is 0. The maximum absolute atomic E-state index is 4.99. The van der Waals surface area contributed by atoms with Crippen LogP contribution in [0, 0.1) is 0 Å². The van der Waals surface area contributed by atoms with Crippen LogP contribution in [0.15, 0.2) is 78.9 Å². The molecule has 0 aliphatic heterocycles. The van der Waals surface area contributed by atoms with E-state index in [0.717, 1.165) is 52.6 Å². The zero-order chi connectivity index (χ0) is 23.2. The summed E-state index contributed by atoms with van der Waals surface area (Å²) < 4.78 is 2.34. The molecule has 0 spiro atoms. The van der Waals surface area contributed by atoms with Crippen molar-refractivity contribution in [2.75, 3.05) is 0 Å². The maximum Gasteiger partial charge on any atom is 0.159 e. The van der Waals surface area contributed by atoms with Crippen molar-refractivity contribution in [2.45, 2.75) is 52.0 Å². The number of benzene rings is 2. The van der Waals surface area contributed by atoms with Crippen LogP contribution < -0.4 is 0 Å². The van der Waals surface area contributed by atoms with Gasteiger partial charge in [0, 0.05) is 12.1 Å². The van der Waals surface area contributed by atoms with Gasteiger partial charge in [-0.2, -0.15) is 5.10 Å². The van der Waals surface area contributed by atoms with Gasteiger partial charge in [0.25, 0.3) is 0 Å². The molecule has 0 saturated carbocycles. The van der Waals surface area contributed by atoms with E-state index in [1.165, 1.54) is 37.6 Å². The van der Waals surface area contributed by atoms with Crippen LogP contribution >= 0.6 is 0 Å². The highest BCUT2D eigenvalue weighted by Crippen LogP contribution is 2.28. The molecule has 172 valence electrons. The van der Waals surface area contributed by atoms with Crippen LogP contribution in [0.4, 0.5) is 0 Å². The molecular weight excluding hydrogens is 418 g/mol. The summed E-state index contributed by atoms with van der Waals surface area (Å²) in [6.45, 7) is 3.22. The normalized spacial score (nSPS) is 11.3. The first-order valence-corrected chi connectivity index (χ1v) is 12.4. The molecule has 0 aliphatic rings. The number of para-hydroxylation sites is 2. The van der Waals surface area contributed by atoms with Crippen LogP contribution in [0.5, 0.6) is 0 Å². The van der Waals surface area contributed by atoms with E-state index in [4.69, 9.17) is 9.97 Å². The molecule has 0 bridgehead atoms. The first-order chi connectivity index (χ1) is 16.8. The van der Waals surface area contributed by atoms with Gasteiger partial charge < -0.3 is 4.57 Å². The highest BCUT2D eigenvalue weighted by molar-refractivity contribution is 5.80. The molecule has 0 atom stereocenters. The molecule has 5 nitrogen and oxygen atoms in total. The van der Waals surface area contributed by atoms with E-state index in [2.05, 4.69) is 70.2 Å². The van der Waals surface area contributed by atoms with Crippen LogP contribution in [0.1, 0.15) is 45.4 Å². The Morgan fingerprint density at radius 2 is 1.47 bits per heavy atom. The number of imidazole rings is 1. The van der Waals surface area contributed by atoms with Crippen molar-refractivity contribution in [3.05, 3.63) is 78.9 Å². The number of rotatable bonds is 10. The summed E-state index contributed by atoms with van der Waals surface area (Å²) in [4.78, 5) is 9.96. The highest BCUT2D eigenvalue weighted by atomic mass is 15.1. The molecule has 5 heteroatoms. The van der Waals surface area contributed by atoms with E-state index in [-0.39, 0.29) is 0 Å². The van der Waals surface area contributed by atoms with Crippen LogP contribution in [-0.4, -0.2) is 24.7 Å². The minimum absolute atomic E-state index is 0.866. The van der Waals surface area contributed by atoms with Crippen molar-refractivity contribution < 1.29 is 0 Å². The lowest BCUT2D eigenvalue weighted by Crippen LogP contribution is -2.02. The third-order valence-corrected chi connectivity index (χ3v) is 6.29. The zero-order valence-corrected chi connectivity index (χ0v) is 19.7. The van der Waals surface area contributed by atoms with E-state index in [9.17, 15) is 0 Å². The van der Waals surface area contributed by atoms with Gasteiger partial charge in [0.2, 0.25) is 0 Å². The summed E-state index contributed by atoms with van der Waals surface area (Å²) in [5, 5.41) is 7.66. The van der Waals surface area contributed by atoms with Crippen LogP contribution in [0.2, 0.25) is 0 Å². The van der Waals surface area contributed by atoms with Gasteiger partial charge in [-0.25, -0.2) is 9.97 Å². The molecule has 34 heavy (non-hydrogen) atoms. The van der Waals surface area contributed by atoms with Crippen molar-refractivity contribution in [1.29, 1.82) is 0 Å². The van der Waals surface area contributed by atoms with E-state index in [1.807, 2.05) is 30.3 Å². The number of hydrogen-bond acceptors (Lipinski definition) is 3. The van der Waals surface area contributed by atoms with E-state index in [0.29, 0.717) is 0 Å². The predicted molar refractivity (Wildman–Crippen MR) is 139 cm³/mol. The molecule has 3 aromatic heterocycles. The summed E-state index contributed by atoms with van der Waals surface area (Å²) >= 11 is 0. The second-order valence-corrected chi connectivity index (χ2v) is 8.78. The molecule has 0 amide bonds. The molecule has 3 heterocycles. The number of aryl methyl sites for hydroxylation is 1. The van der Waals surface area contributed by atoms with Gasteiger partial charge >= 0.3 is 0 Å². The number of aromatic amines is 1. The van der Waals surface area contributed by atoms with Crippen molar-refractivity contribution in [3.63, 3.8) is 0 Å². The minimum atomic E-state index is 0.866. The number of H-pyrrole nitrogens is 1. The van der Waals surface area contributed by atoms with Crippen molar-refractivity contribution in [2.24, 2.45) is 0 Å². The fraction of sp³-hybridized carbons (Fsp3) is 0.276. The summed E-state index contributed by atoms with van der Waals surface area (Å²) in [5.74, 6) is 0.930. The SMILES string of the molecule is CCCCCCCCn1c(-c2cccc(-c3cc(-c4ccccc4)n[nH]3)n2)nc2ccccc21. The van der Waals surface area contributed by atoms with E-state index < -0.39 is 0 Å². The monoisotopic (exact) mass is 449 g/mol. The Labute approximate surface area is 200 Å². The Hall–Kier alpha value is -3.73. The van der Waals surface area contributed by atoms with Gasteiger partial charge in [-0.3, -0.25) is 5.10 Å². The summed E-state index contributed by atoms with van der Waals surface area (Å²) in [6.07, 6.45) is 7.63. The molecule has 0 unspecified atom stereocenters. The molecule has 2 aromatic carbocycles. The second kappa shape index (κ2) is 10.5. The van der Waals surface area contributed by atoms with Crippen LogP contribution in [0.3, 0.4) is 0 Å². The minimum Gasteiger partial charge on any atom is -0.323 e. The molecule has 5 rings (SSSR count). The molecule has 0 fully saturated rings. The summed E-state index contributed by atoms with van der Waals surface area (Å²) in [6, 6.07) is 26.8. The predicted octanol–water partition coefficient (Wildman–Crippen LogP) is 7.52. The molecular formula is C29H31N5. The largest absolute Gasteiger partial charge is 0.323 e. The molecule has 0 saturated heterocycles. The Morgan fingerprint density at radius 3 is 2.35 bits per heavy atom. The Bertz CT molecular complexity index is 1350. The summed E-state index contributed by atoms with van der Waals surface area (Å²) in [5.41, 5.74) is 6.84. The standard InChI is InChI=1S/C29H31N5/c1-2-3-4-5-6-12-20-34-28-19-11-10-16-24(28)31-29(34)25-18-13-17-23(30-25)27-21-26(32-33-27)22-14-8-7-9-15-22/h7-11,13-19,21H,2-6,12,20H2,1H3,(H,32,33). The lowest BCUT2D eigenvalue weighted by Gasteiger charge is -2.10. The van der Waals surface area contributed by atoms with Crippen molar-refractivity contribution in [3.8, 4) is 34.2 Å². The smallest absolute Gasteiger partial charge is 0.159 e. The number of fused-ring (bicyclic) bond motifs is 1. The number of pyridine rings is 1. The molecule has 1 N–H and O–H groups in total. The fourth-order valence-corrected chi connectivity index (χ4v) is 4.47. The number of nitrogens with one attached hydrogen (secondary N) is 1. The molecule has 0 radical (unpaired) electrons. The van der Waals surface area contributed by atoms with Crippen molar-refractivity contribution >= 4 is 11.0 Å². The molecule has 5 aromatic rings. The number of hydrogen-bond donors (Lipinski definition) is 1. The second-order valence-electron chi connectivity index (χ2n) is 8.78. The van der Waals surface area contributed by atoms with Gasteiger partial charge in [0.15, 0.2) is 5.82 Å². The van der Waals surface area contributed by atoms with E-state index in [1.54, 1.807) is 0 Å². The van der Waals surface area contributed by atoms with Gasteiger partial charge in [-0.1, -0.05) is 87.6 Å². The van der Waals surface area contributed by atoms with Gasteiger partial charge in [-0.05, 0) is 36.8 Å². The highest BCUT2D eigenvalue weighted by Gasteiger charge is 2.15. The lowest BCUT2D eigenvalue weighted by atomic mass is 10.1. The van der Waals surface area contributed by atoms with Gasteiger partial charge in [0.1, 0.15) is 5.69 Å². The first kappa shape index (κ1) is 22.1. The van der Waals surface area contributed by atoms with Gasteiger partial charge in [-0.15, -0.1) is 0 Å². The molecule has 0 aliphatic carbocycles. The lowest BCUT2D eigenvalue weighted by molar-refractivity contribution is 0.566. The maximum atomic E-state index is 4.99. The average Bonchev–Trinajstić information content (AvgIpc) is 3.53. The third-order valence-electron chi connectivity index (χ3n) is 6.29. The number of unbranched alkanes of at least 4 members (excludes halogenated alkanes) is 5. The van der Waals surface area contributed by atoms with Gasteiger partial charge in [0.05, 0.1) is 28.1 Å². The quantitative estimate of drug-likeness (QED) is 0.224.